The molecule has 136 valence electrons. The van der Waals surface area contributed by atoms with Gasteiger partial charge in [0.1, 0.15) is 5.75 Å². The van der Waals surface area contributed by atoms with Crippen LogP contribution in [0.2, 0.25) is 0 Å². The lowest BCUT2D eigenvalue weighted by Crippen LogP contribution is -2.35. The minimum absolute atomic E-state index is 0.210. The van der Waals surface area contributed by atoms with E-state index in [1.807, 2.05) is 0 Å². The molecule has 1 rings (SSSR count). The van der Waals surface area contributed by atoms with Crippen LogP contribution in [0.4, 0.5) is 18.0 Å². The van der Waals surface area contributed by atoms with Crippen LogP contribution >= 0.6 is 0 Å². The number of hydrogen-bond acceptors (Lipinski definition) is 3. The Morgan fingerprint density at radius 2 is 1.83 bits per heavy atom. The Kier molecular flexibility index (Phi) is 8.39. The second-order valence-corrected chi connectivity index (χ2v) is 5.62. The lowest BCUT2D eigenvalue weighted by atomic mass is 10.2. The molecule has 8 heteroatoms. The zero-order valence-corrected chi connectivity index (χ0v) is 13.8. The summed E-state index contributed by atoms with van der Waals surface area (Å²) in [6, 6.07) is 4.99. The summed E-state index contributed by atoms with van der Waals surface area (Å²) in [5.41, 5.74) is 0.667. The van der Waals surface area contributed by atoms with Gasteiger partial charge in [-0.25, -0.2) is 4.79 Å². The number of hydrogen-bond donors (Lipinski definition) is 2. The van der Waals surface area contributed by atoms with Crippen molar-refractivity contribution in [3.63, 3.8) is 0 Å². The van der Waals surface area contributed by atoms with Crippen molar-refractivity contribution in [3.05, 3.63) is 29.8 Å². The van der Waals surface area contributed by atoms with Gasteiger partial charge in [-0.15, -0.1) is 13.2 Å². The summed E-state index contributed by atoms with van der Waals surface area (Å²) in [5, 5.41) is 5.30. The first-order valence-electron chi connectivity index (χ1n) is 7.70. The van der Waals surface area contributed by atoms with Crippen LogP contribution in [-0.4, -0.2) is 32.2 Å². The highest BCUT2D eigenvalue weighted by molar-refractivity contribution is 5.73. The van der Waals surface area contributed by atoms with Gasteiger partial charge in [-0.3, -0.25) is 0 Å². The topological polar surface area (TPSA) is 59.6 Å². The minimum Gasteiger partial charge on any atom is -0.406 e. The third kappa shape index (κ3) is 9.94. The molecule has 0 aliphatic heterocycles. The predicted molar refractivity (Wildman–Crippen MR) is 83.6 cm³/mol. The van der Waals surface area contributed by atoms with Gasteiger partial charge < -0.3 is 20.1 Å². The highest BCUT2D eigenvalue weighted by Gasteiger charge is 2.30. The Morgan fingerprint density at radius 3 is 2.42 bits per heavy atom. The highest BCUT2D eigenvalue weighted by atomic mass is 19.4. The molecule has 2 N–H and O–H groups in total. The van der Waals surface area contributed by atoms with Gasteiger partial charge in [-0.1, -0.05) is 26.0 Å². The summed E-state index contributed by atoms with van der Waals surface area (Å²) in [7, 11) is 0. The molecule has 0 aliphatic rings. The first-order chi connectivity index (χ1) is 11.3. The van der Waals surface area contributed by atoms with Crippen molar-refractivity contribution in [2.45, 2.75) is 33.2 Å². The number of rotatable bonds is 9. The van der Waals surface area contributed by atoms with Crippen molar-refractivity contribution in [3.8, 4) is 5.75 Å². The zero-order chi connectivity index (χ0) is 18.0. The van der Waals surface area contributed by atoms with Gasteiger partial charge in [0, 0.05) is 26.3 Å². The Morgan fingerprint density at radius 1 is 1.17 bits per heavy atom. The molecule has 0 atom stereocenters. The molecule has 0 bridgehead atoms. The van der Waals surface area contributed by atoms with Gasteiger partial charge in [-0.2, -0.15) is 0 Å². The molecule has 0 radical (unpaired) electrons. The maximum absolute atomic E-state index is 12.0. The van der Waals surface area contributed by atoms with Crippen molar-refractivity contribution in [1.29, 1.82) is 0 Å². The second-order valence-electron chi connectivity index (χ2n) is 5.62. The molecule has 5 nitrogen and oxygen atoms in total. The molecule has 2 amide bonds. The average molecular weight is 348 g/mol. The fraction of sp³-hybridized carbons (Fsp3) is 0.562. The van der Waals surface area contributed by atoms with Crippen LogP contribution in [0.15, 0.2) is 24.3 Å². The SMILES string of the molecule is CC(C)COCCCNC(=O)NCc1ccc(OC(F)(F)F)cc1. The molecule has 0 aliphatic carbocycles. The van der Waals surface area contributed by atoms with E-state index in [0.717, 1.165) is 0 Å². The maximum atomic E-state index is 12.0. The smallest absolute Gasteiger partial charge is 0.406 e. The Bertz CT molecular complexity index is 490. The molecule has 0 saturated carbocycles. The van der Waals surface area contributed by atoms with E-state index in [4.69, 9.17) is 4.74 Å². The monoisotopic (exact) mass is 348 g/mol. The van der Waals surface area contributed by atoms with Crippen LogP contribution in [0, 0.1) is 5.92 Å². The number of amides is 2. The number of urea groups is 1. The largest absolute Gasteiger partial charge is 0.573 e. The number of halogens is 3. The van der Waals surface area contributed by atoms with E-state index in [1.54, 1.807) is 0 Å². The molecule has 0 saturated heterocycles. The Balaban J connectivity index is 2.18. The lowest BCUT2D eigenvalue weighted by molar-refractivity contribution is -0.274. The van der Waals surface area contributed by atoms with Crippen LogP contribution in [-0.2, 0) is 11.3 Å². The van der Waals surface area contributed by atoms with E-state index in [-0.39, 0.29) is 18.3 Å². The number of carbonyl (C=O) groups is 1. The number of alkyl halides is 3. The Hall–Kier alpha value is -1.96. The van der Waals surface area contributed by atoms with Crippen molar-refractivity contribution in [2.75, 3.05) is 19.8 Å². The van der Waals surface area contributed by atoms with Crippen LogP contribution < -0.4 is 15.4 Å². The van der Waals surface area contributed by atoms with Gasteiger partial charge in [-0.05, 0) is 30.0 Å². The highest BCUT2D eigenvalue weighted by Crippen LogP contribution is 2.22. The third-order valence-electron chi connectivity index (χ3n) is 2.81. The van der Waals surface area contributed by atoms with E-state index in [2.05, 4.69) is 29.2 Å². The van der Waals surface area contributed by atoms with Gasteiger partial charge >= 0.3 is 12.4 Å². The van der Waals surface area contributed by atoms with E-state index in [1.165, 1.54) is 24.3 Å². The predicted octanol–water partition coefficient (Wildman–Crippen LogP) is 3.45. The molecule has 0 fully saturated rings. The molecule has 0 aromatic heterocycles. The summed E-state index contributed by atoms with van der Waals surface area (Å²) in [4.78, 5) is 11.6. The standard InChI is InChI=1S/C16H23F3N2O3/c1-12(2)11-23-9-3-8-20-15(22)21-10-13-4-6-14(7-5-13)24-16(17,18)19/h4-7,12H,3,8-11H2,1-2H3,(H2,20,21,22). The van der Waals surface area contributed by atoms with Crippen LogP contribution in [0.3, 0.4) is 0 Å². The minimum atomic E-state index is -4.71. The van der Waals surface area contributed by atoms with Crippen molar-refractivity contribution >= 4 is 6.03 Å². The zero-order valence-electron chi connectivity index (χ0n) is 13.8. The maximum Gasteiger partial charge on any atom is 0.573 e. The Labute approximate surface area is 139 Å². The van der Waals surface area contributed by atoms with Crippen LogP contribution in [0.5, 0.6) is 5.75 Å². The third-order valence-corrected chi connectivity index (χ3v) is 2.81. The molecule has 1 aromatic rings. The fourth-order valence-corrected chi connectivity index (χ4v) is 1.75. The summed E-state index contributed by atoms with van der Waals surface area (Å²) < 4.78 is 45.3. The van der Waals surface area contributed by atoms with Crippen molar-refractivity contribution < 1.29 is 27.4 Å². The molecule has 0 spiro atoms. The van der Waals surface area contributed by atoms with Gasteiger partial charge in [0.25, 0.3) is 0 Å². The van der Waals surface area contributed by atoms with Crippen LogP contribution in [0.25, 0.3) is 0 Å². The number of nitrogens with one attached hydrogen (secondary N) is 2. The molecule has 1 aromatic carbocycles. The summed E-state index contributed by atoms with van der Waals surface area (Å²) >= 11 is 0. The van der Waals surface area contributed by atoms with Gasteiger partial charge in [0.15, 0.2) is 0 Å². The quantitative estimate of drug-likeness (QED) is 0.672. The molecule has 0 heterocycles. The van der Waals surface area contributed by atoms with Crippen LogP contribution in [0.1, 0.15) is 25.8 Å². The van der Waals surface area contributed by atoms with Gasteiger partial charge in [0.2, 0.25) is 0 Å². The number of benzene rings is 1. The number of carbonyl (C=O) groups excluding carboxylic acids is 1. The average Bonchev–Trinajstić information content (AvgIpc) is 2.48. The normalized spacial score (nSPS) is 11.4. The van der Waals surface area contributed by atoms with E-state index >= 15 is 0 Å². The number of ether oxygens (including phenoxy) is 2. The first kappa shape index (κ1) is 20.1. The second kappa shape index (κ2) is 10.0. The van der Waals surface area contributed by atoms with E-state index < -0.39 is 6.36 Å². The van der Waals surface area contributed by atoms with E-state index in [0.29, 0.717) is 37.7 Å². The fourth-order valence-electron chi connectivity index (χ4n) is 1.75. The first-order valence-corrected chi connectivity index (χ1v) is 7.70. The molecule has 0 unspecified atom stereocenters. The molecular formula is C16H23F3N2O3. The van der Waals surface area contributed by atoms with Crippen molar-refractivity contribution in [2.24, 2.45) is 5.92 Å². The summed E-state index contributed by atoms with van der Waals surface area (Å²) in [6.45, 7) is 6.10. The van der Waals surface area contributed by atoms with Crippen molar-refractivity contribution in [1.82, 2.24) is 10.6 Å². The summed E-state index contributed by atoms with van der Waals surface area (Å²) in [6.07, 6.45) is -4.00. The lowest BCUT2D eigenvalue weighted by Gasteiger charge is -2.10. The van der Waals surface area contributed by atoms with E-state index in [9.17, 15) is 18.0 Å². The molecule has 24 heavy (non-hydrogen) atoms. The summed E-state index contributed by atoms with van der Waals surface area (Å²) in [5.74, 6) is 0.186. The van der Waals surface area contributed by atoms with Gasteiger partial charge in [0.05, 0.1) is 0 Å². The molecular weight excluding hydrogens is 325 g/mol.